The summed E-state index contributed by atoms with van der Waals surface area (Å²) < 4.78 is 5.38. The normalized spacial score (nSPS) is 17.6. The monoisotopic (exact) mass is 305 g/mol. The number of aryl methyl sites for hydroxylation is 2. The highest BCUT2D eigenvalue weighted by Crippen LogP contribution is 2.36. The van der Waals surface area contributed by atoms with Crippen molar-refractivity contribution in [1.82, 2.24) is 15.5 Å². The second kappa shape index (κ2) is 5.60. The minimum absolute atomic E-state index is 0.0501. The molecular weight excluding hydrogens is 286 g/mol. The fourth-order valence-corrected chi connectivity index (χ4v) is 3.64. The van der Waals surface area contributed by atoms with Gasteiger partial charge in [0.25, 0.3) is 11.8 Å². The Balaban J connectivity index is 1.87. The quantitative estimate of drug-likeness (QED) is 0.944. The minimum atomic E-state index is -0.505. The Labute approximate surface area is 127 Å². The van der Waals surface area contributed by atoms with Crippen LogP contribution in [0.5, 0.6) is 0 Å². The third-order valence-corrected chi connectivity index (χ3v) is 4.96. The summed E-state index contributed by atoms with van der Waals surface area (Å²) in [6, 6.07) is 3.83. The molecule has 0 saturated heterocycles. The fourth-order valence-electron chi connectivity index (χ4n) is 2.87. The molecule has 3 rings (SSSR count). The predicted molar refractivity (Wildman–Crippen MR) is 80.3 cm³/mol. The van der Waals surface area contributed by atoms with E-state index in [2.05, 4.69) is 15.5 Å². The van der Waals surface area contributed by atoms with E-state index in [4.69, 9.17) is 4.52 Å². The number of carbonyl (C=O) groups excluding carboxylic acids is 1. The van der Waals surface area contributed by atoms with Crippen molar-refractivity contribution in [2.45, 2.75) is 51.5 Å². The maximum atomic E-state index is 12.5. The van der Waals surface area contributed by atoms with Gasteiger partial charge in [-0.25, -0.2) is 0 Å². The molecule has 1 aliphatic carbocycles. The van der Waals surface area contributed by atoms with Crippen molar-refractivity contribution in [3.8, 4) is 0 Å². The van der Waals surface area contributed by atoms with Crippen LogP contribution in [0.4, 0.5) is 0 Å². The Morgan fingerprint density at radius 2 is 2.05 bits per heavy atom. The first-order valence-corrected chi connectivity index (χ1v) is 8.10. The largest absolute Gasteiger partial charge is 0.337 e. The number of hydrogen-bond acceptors (Lipinski definition) is 5. The Morgan fingerprint density at radius 3 is 2.62 bits per heavy atom. The lowest BCUT2D eigenvalue weighted by molar-refractivity contribution is 0.0829. The molecule has 0 spiro atoms. The van der Waals surface area contributed by atoms with Crippen LogP contribution in [0.2, 0.25) is 0 Å². The molecule has 0 aliphatic heterocycles. The second-order valence-corrected chi connectivity index (χ2v) is 6.94. The molecule has 1 amide bonds. The van der Waals surface area contributed by atoms with E-state index < -0.39 is 5.54 Å². The van der Waals surface area contributed by atoms with Crippen LogP contribution in [0.1, 0.15) is 58.4 Å². The summed E-state index contributed by atoms with van der Waals surface area (Å²) in [5, 5.41) is 7.05. The summed E-state index contributed by atoms with van der Waals surface area (Å²) in [5.41, 5.74) is -0.505. The van der Waals surface area contributed by atoms with Gasteiger partial charge in [0, 0.05) is 4.88 Å². The van der Waals surface area contributed by atoms with Crippen molar-refractivity contribution in [2.24, 2.45) is 0 Å². The van der Waals surface area contributed by atoms with Gasteiger partial charge in [-0.1, -0.05) is 24.4 Å². The van der Waals surface area contributed by atoms with Gasteiger partial charge in [-0.15, -0.1) is 11.3 Å². The summed E-state index contributed by atoms with van der Waals surface area (Å²) in [7, 11) is 0. The van der Waals surface area contributed by atoms with E-state index >= 15 is 0 Å². The predicted octanol–water partition coefficient (Wildman–Crippen LogP) is 3.34. The number of hydrogen-bond donors (Lipinski definition) is 1. The molecule has 0 unspecified atom stereocenters. The van der Waals surface area contributed by atoms with Crippen molar-refractivity contribution in [3.63, 3.8) is 0 Å². The van der Waals surface area contributed by atoms with Crippen LogP contribution < -0.4 is 5.32 Å². The van der Waals surface area contributed by atoms with E-state index in [-0.39, 0.29) is 5.91 Å². The van der Waals surface area contributed by atoms with Gasteiger partial charge in [-0.3, -0.25) is 4.79 Å². The topological polar surface area (TPSA) is 68.0 Å². The van der Waals surface area contributed by atoms with E-state index in [9.17, 15) is 4.79 Å². The summed E-state index contributed by atoms with van der Waals surface area (Å²) in [6.07, 6.45) is 5.01. The number of thiophene rings is 1. The molecule has 1 fully saturated rings. The number of aromatic nitrogens is 2. The lowest BCUT2D eigenvalue weighted by atomic mass is 9.81. The summed E-state index contributed by atoms with van der Waals surface area (Å²) in [5.74, 6) is 1.10. The average Bonchev–Trinajstić information content (AvgIpc) is 3.09. The zero-order valence-electron chi connectivity index (χ0n) is 12.3. The van der Waals surface area contributed by atoms with Gasteiger partial charge in [0.05, 0.1) is 4.88 Å². The first kappa shape index (κ1) is 14.3. The van der Waals surface area contributed by atoms with Gasteiger partial charge >= 0.3 is 0 Å². The molecule has 0 atom stereocenters. The van der Waals surface area contributed by atoms with Gasteiger partial charge in [0.2, 0.25) is 0 Å². The molecule has 21 heavy (non-hydrogen) atoms. The van der Waals surface area contributed by atoms with Gasteiger partial charge in [-0.2, -0.15) is 4.98 Å². The summed E-state index contributed by atoms with van der Waals surface area (Å²) in [6.45, 7) is 3.80. The van der Waals surface area contributed by atoms with E-state index in [1.165, 1.54) is 17.8 Å². The highest BCUT2D eigenvalue weighted by atomic mass is 32.1. The molecular formula is C15H19N3O2S. The molecule has 2 aromatic rings. The van der Waals surface area contributed by atoms with Gasteiger partial charge in [0.1, 0.15) is 5.54 Å². The number of carbonyl (C=O) groups is 1. The number of amides is 1. The second-order valence-electron chi connectivity index (χ2n) is 5.65. The molecule has 1 aliphatic rings. The minimum Gasteiger partial charge on any atom is -0.337 e. The van der Waals surface area contributed by atoms with Crippen LogP contribution in [0, 0.1) is 13.8 Å². The SMILES string of the molecule is Cc1noc(C2(NC(=O)c3ccc(C)s3)CCCCC2)n1. The molecule has 2 aromatic heterocycles. The third kappa shape index (κ3) is 2.85. The first-order chi connectivity index (χ1) is 10.1. The van der Waals surface area contributed by atoms with Gasteiger partial charge in [-0.05, 0) is 38.8 Å². The lowest BCUT2D eigenvalue weighted by Gasteiger charge is -2.34. The summed E-state index contributed by atoms with van der Waals surface area (Å²) >= 11 is 1.50. The molecule has 1 saturated carbocycles. The highest BCUT2D eigenvalue weighted by Gasteiger charge is 2.40. The Morgan fingerprint density at radius 1 is 1.29 bits per heavy atom. The maximum absolute atomic E-state index is 12.5. The number of nitrogens with one attached hydrogen (secondary N) is 1. The van der Waals surface area contributed by atoms with E-state index in [0.29, 0.717) is 11.7 Å². The van der Waals surface area contributed by atoms with Crippen LogP contribution in [0.15, 0.2) is 16.7 Å². The van der Waals surface area contributed by atoms with E-state index in [0.717, 1.165) is 35.4 Å². The zero-order valence-corrected chi connectivity index (χ0v) is 13.1. The molecule has 6 heteroatoms. The Bertz CT molecular complexity index is 641. The van der Waals surface area contributed by atoms with Crippen LogP contribution in [-0.4, -0.2) is 16.0 Å². The van der Waals surface area contributed by atoms with E-state index in [1.807, 2.05) is 19.1 Å². The van der Waals surface area contributed by atoms with E-state index in [1.54, 1.807) is 6.92 Å². The van der Waals surface area contributed by atoms with Crippen molar-refractivity contribution in [1.29, 1.82) is 0 Å². The molecule has 0 bridgehead atoms. The first-order valence-electron chi connectivity index (χ1n) is 7.29. The molecule has 112 valence electrons. The van der Waals surface area contributed by atoms with Crippen LogP contribution in [-0.2, 0) is 5.54 Å². The molecule has 2 heterocycles. The maximum Gasteiger partial charge on any atom is 0.262 e. The van der Waals surface area contributed by atoms with Crippen LogP contribution in [0.25, 0.3) is 0 Å². The van der Waals surface area contributed by atoms with Crippen molar-refractivity contribution in [2.75, 3.05) is 0 Å². The number of rotatable bonds is 3. The molecule has 0 aromatic carbocycles. The van der Waals surface area contributed by atoms with Crippen LogP contribution >= 0.6 is 11.3 Å². The van der Waals surface area contributed by atoms with Gasteiger partial charge in [0.15, 0.2) is 5.82 Å². The van der Waals surface area contributed by atoms with Crippen LogP contribution in [0.3, 0.4) is 0 Å². The lowest BCUT2D eigenvalue weighted by Crippen LogP contribution is -2.47. The zero-order chi connectivity index (χ0) is 14.9. The highest BCUT2D eigenvalue weighted by molar-refractivity contribution is 7.13. The Hall–Kier alpha value is -1.69. The van der Waals surface area contributed by atoms with Crippen molar-refractivity contribution < 1.29 is 9.32 Å². The van der Waals surface area contributed by atoms with Gasteiger partial charge < -0.3 is 9.84 Å². The smallest absolute Gasteiger partial charge is 0.262 e. The Kier molecular flexibility index (Phi) is 3.80. The fraction of sp³-hybridized carbons (Fsp3) is 0.533. The summed E-state index contributed by atoms with van der Waals surface area (Å²) in [4.78, 5) is 18.8. The molecule has 5 nitrogen and oxygen atoms in total. The molecule has 0 radical (unpaired) electrons. The van der Waals surface area contributed by atoms with Crippen molar-refractivity contribution >= 4 is 17.2 Å². The average molecular weight is 305 g/mol. The van der Waals surface area contributed by atoms with Crippen molar-refractivity contribution in [3.05, 3.63) is 33.6 Å². The number of nitrogens with zero attached hydrogens (tertiary/aromatic N) is 2. The molecule has 1 N–H and O–H groups in total. The third-order valence-electron chi connectivity index (χ3n) is 3.96. The standard InChI is InChI=1S/C15H19N3O2S/c1-10-6-7-12(21-10)13(19)17-15(8-4-3-5-9-15)14-16-11(2)18-20-14/h6-7H,3-5,8-9H2,1-2H3,(H,17,19).